The monoisotopic (exact) mass is 325 g/mol. The Kier molecular flexibility index (Phi) is 5.31. The van der Waals surface area contributed by atoms with E-state index in [0.717, 1.165) is 36.5 Å². The van der Waals surface area contributed by atoms with Crippen LogP contribution in [0.5, 0.6) is 5.75 Å². The molecule has 1 fully saturated rings. The predicted octanol–water partition coefficient (Wildman–Crippen LogP) is 2.66. The number of nitrogens with zero attached hydrogens (tertiary/aromatic N) is 2. The summed E-state index contributed by atoms with van der Waals surface area (Å²) >= 11 is 0. The van der Waals surface area contributed by atoms with E-state index in [1.807, 2.05) is 30.3 Å². The number of carbonyl (C=O) groups excluding carboxylic acids is 1. The summed E-state index contributed by atoms with van der Waals surface area (Å²) in [5, 5.41) is 2.92. The number of anilines is 1. The van der Waals surface area contributed by atoms with Gasteiger partial charge in [-0.05, 0) is 49.1 Å². The van der Waals surface area contributed by atoms with E-state index < -0.39 is 0 Å². The van der Waals surface area contributed by atoms with E-state index in [0.29, 0.717) is 12.2 Å². The first-order valence-electron chi connectivity index (χ1n) is 8.38. The number of methoxy groups -OCH3 is 1. The Morgan fingerprint density at radius 3 is 2.54 bits per heavy atom. The molecule has 24 heavy (non-hydrogen) atoms. The molecule has 1 aromatic carbocycles. The predicted molar refractivity (Wildman–Crippen MR) is 94.7 cm³/mol. The summed E-state index contributed by atoms with van der Waals surface area (Å²) in [6.07, 6.45) is 5.03. The van der Waals surface area contributed by atoms with E-state index in [1.165, 1.54) is 12.8 Å². The molecule has 0 radical (unpaired) electrons. The number of rotatable bonds is 6. The van der Waals surface area contributed by atoms with E-state index >= 15 is 0 Å². The van der Waals surface area contributed by atoms with Crippen molar-refractivity contribution < 1.29 is 9.53 Å². The maximum Gasteiger partial charge on any atom is 0.269 e. The Labute approximate surface area is 142 Å². The van der Waals surface area contributed by atoms with Gasteiger partial charge in [-0.15, -0.1) is 0 Å². The second-order valence-corrected chi connectivity index (χ2v) is 5.95. The van der Waals surface area contributed by atoms with Crippen molar-refractivity contribution in [2.45, 2.75) is 19.3 Å². The van der Waals surface area contributed by atoms with Gasteiger partial charge in [-0.1, -0.05) is 12.1 Å². The summed E-state index contributed by atoms with van der Waals surface area (Å²) < 4.78 is 5.13. The van der Waals surface area contributed by atoms with Gasteiger partial charge in [0.1, 0.15) is 11.4 Å². The van der Waals surface area contributed by atoms with Crippen LogP contribution < -0.4 is 15.0 Å². The molecule has 0 aliphatic carbocycles. The molecule has 126 valence electrons. The summed E-state index contributed by atoms with van der Waals surface area (Å²) in [5.74, 6) is 0.710. The van der Waals surface area contributed by atoms with Gasteiger partial charge in [0.15, 0.2) is 0 Å². The van der Waals surface area contributed by atoms with E-state index in [1.54, 1.807) is 19.4 Å². The molecule has 0 unspecified atom stereocenters. The van der Waals surface area contributed by atoms with Crippen molar-refractivity contribution in [1.29, 1.82) is 0 Å². The Balaban J connectivity index is 1.49. The molecular weight excluding hydrogens is 302 g/mol. The first kappa shape index (κ1) is 16.3. The van der Waals surface area contributed by atoms with Crippen molar-refractivity contribution in [3.05, 3.63) is 53.9 Å². The number of nitrogens with one attached hydrogen (secondary N) is 1. The first-order valence-corrected chi connectivity index (χ1v) is 8.38. The molecular formula is C19H23N3O2. The van der Waals surface area contributed by atoms with Gasteiger partial charge in [0.05, 0.1) is 19.0 Å². The van der Waals surface area contributed by atoms with Crippen molar-refractivity contribution in [2.24, 2.45) is 0 Å². The fraction of sp³-hybridized carbons (Fsp3) is 0.368. The van der Waals surface area contributed by atoms with Gasteiger partial charge < -0.3 is 15.0 Å². The normalized spacial score (nSPS) is 13.8. The number of ether oxygens (including phenoxy) is 1. The van der Waals surface area contributed by atoms with E-state index in [2.05, 4.69) is 15.2 Å². The van der Waals surface area contributed by atoms with Crippen molar-refractivity contribution in [2.75, 3.05) is 31.6 Å². The molecule has 1 aliphatic rings. The van der Waals surface area contributed by atoms with E-state index in [4.69, 9.17) is 4.74 Å². The van der Waals surface area contributed by atoms with Crippen LogP contribution in [0, 0.1) is 0 Å². The molecule has 1 amide bonds. The van der Waals surface area contributed by atoms with Crippen LogP contribution in [0.2, 0.25) is 0 Å². The molecule has 0 spiro atoms. The lowest BCUT2D eigenvalue weighted by Crippen LogP contribution is -2.26. The Morgan fingerprint density at radius 1 is 1.17 bits per heavy atom. The fourth-order valence-electron chi connectivity index (χ4n) is 2.89. The van der Waals surface area contributed by atoms with Gasteiger partial charge in [0, 0.05) is 19.6 Å². The molecule has 0 atom stereocenters. The van der Waals surface area contributed by atoms with Gasteiger partial charge >= 0.3 is 0 Å². The zero-order valence-electron chi connectivity index (χ0n) is 14.0. The van der Waals surface area contributed by atoms with Gasteiger partial charge in [-0.25, -0.2) is 4.98 Å². The number of hydrogen-bond acceptors (Lipinski definition) is 4. The lowest BCUT2D eigenvalue weighted by atomic mass is 10.1. The van der Waals surface area contributed by atoms with Gasteiger partial charge in [0.2, 0.25) is 0 Å². The summed E-state index contributed by atoms with van der Waals surface area (Å²) in [7, 11) is 1.65. The SMILES string of the molecule is COc1ccc(CCNC(=O)c2ccc(N3CCCC3)cn2)cc1. The van der Waals surface area contributed by atoms with Gasteiger partial charge in [-0.2, -0.15) is 0 Å². The van der Waals surface area contributed by atoms with Crippen LogP contribution in [0.25, 0.3) is 0 Å². The van der Waals surface area contributed by atoms with Crippen LogP contribution >= 0.6 is 0 Å². The highest BCUT2D eigenvalue weighted by molar-refractivity contribution is 5.92. The lowest BCUT2D eigenvalue weighted by molar-refractivity contribution is 0.0949. The number of carbonyl (C=O) groups is 1. The third-order valence-electron chi connectivity index (χ3n) is 4.31. The average Bonchev–Trinajstić information content (AvgIpc) is 3.17. The van der Waals surface area contributed by atoms with Crippen LogP contribution in [-0.2, 0) is 6.42 Å². The molecule has 2 aromatic rings. The average molecular weight is 325 g/mol. The standard InChI is InChI=1S/C19H23N3O2/c1-24-17-7-4-15(5-8-17)10-11-20-19(23)18-9-6-16(14-21-18)22-12-2-3-13-22/h4-9,14H,2-3,10-13H2,1H3,(H,20,23). The number of aromatic nitrogens is 1. The molecule has 1 aliphatic heterocycles. The quantitative estimate of drug-likeness (QED) is 0.887. The maximum absolute atomic E-state index is 12.2. The Hall–Kier alpha value is -2.56. The van der Waals surface area contributed by atoms with Crippen molar-refractivity contribution in [3.63, 3.8) is 0 Å². The van der Waals surface area contributed by atoms with Gasteiger partial charge in [0.25, 0.3) is 5.91 Å². The Morgan fingerprint density at radius 2 is 1.92 bits per heavy atom. The van der Waals surface area contributed by atoms with Crippen molar-refractivity contribution in [1.82, 2.24) is 10.3 Å². The molecule has 1 aromatic heterocycles. The zero-order valence-corrected chi connectivity index (χ0v) is 14.0. The molecule has 3 rings (SSSR count). The molecule has 2 heterocycles. The molecule has 5 nitrogen and oxygen atoms in total. The van der Waals surface area contributed by atoms with E-state index in [-0.39, 0.29) is 5.91 Å². The molecule has 5 heteroatoms. The third kappa shape index (κ3) is 4.04. The summed E-state index contributed by atoms with van der Waals surface area (Å²) in [4.78, 5) is 18.8. The van der Waals surface area contributed by atoms with Crippen LogP contribution in [0.3, 0.4) is 0 Å². The summed E-state index contributed by atoms with van der Waals surface area (Å²) in [6.45, 7) is 2.74. The van der Waals surface area contributed by atoms with Crippen LogP contribution in [0.15, 0.2) is 42.6 Å². The lowest BCUT2D eigenvalue weighted by Gasteiger charge is -2.16. The van der Waals surface area contributed by atoms with Crippen molar-refractivity contribution in [3.8, 4) is 5.75 Å². The van der Waals surface area contributed by atoms with Gasteiger partial charge in [-0.3, -0.25) is 4.79 Å². The van der Waals surface area contributed by atoms with Crippen LogP contribution in [0.4, 0.5) is 5.69 Å². The van der Waals surface area contributed by atoms with Crippen LogP contribution in [0.1, 0.15) is 28.9 Å². The van der Waals surface area contributed by atoms with Crippen LogP contribution in [-0.4, -0.2) is 37.6 Å². The highest BCUT2D eigenvalue weighted by Gasteiger charge is 2.13. The maximum atomic E-state index is 12.2. The minimum atomic E-state index is -0.128. The minimum Gasteiger partial charge on any atom is -0.497 e. The summed E-state index contributed by atoms with van der Waals surface area (Å²) in [6, 6.07) is 11.7. The number of benzene rings is 1. The number of amides is 1. The smallest absolute Gasteiger partial charge is 0.269 e. The third-order valence-corrected chi connectivity index (χ3v) is 4.31. The van der Waals surface area contributed by atoms with E-state index in [9.17, 15) is 4.79 Å². The highest BCUT2D eigenvalue weighted by Crippen LogP contribution is 2.19. The molecule has 0 saturated carbocycles. The largest absolute Gasteiger partial charge is 0.497 e. The summed E-state index contributed by atoms with van der Waals surface area (Å²) in [5.41, 5.74) is 2.73. The second kappa shape index (κ2) is 7.81. The number of pyridine rings is 1. The molecule has 1 N–H and O–H groups in total. The minimum absolute atomic E-state index is 0.128. The zero-order chi connectivity index (χ0) is 16.8. The first-order chi connectivity index (χ1) is 11.8. The second-order valence-electron chi connectivity index (χ2n) is 5.95. The van der Waals surface area contributed by atoms with Crippen molar-refractivity contribution >= 4 is 11.6 Å². The fourth-order valence-corrected chi connectivity index (χ4v) is 2.89. The molecule has 1 saturated heterocycles. The number of hydrogen-bond donors (Lipinski definition) is 1. The Bertz CT molecular complexity index is 662. The topological polar surface area (TPSA) is 54.5 Å². The molecule has 0 bridgehead atoms. The highest BCUT2D eigenvalue weighted by atomic mass is 16.5.